The molecule has 37 heavy (non-hydrogen) atoms. The lowest BCUT2D eigenvalue weighted by molar-refractivity contribution is 0.184. The summed E-state index contributed by atoms with van der Waals surface area (Å²) in [6.07, 6.45) is 15.2. The van der Waals surface area contributed by atoms with Crippen LogP contribution in [-0.4, -0.2) is 29.4 Å². The Balaban J connectivity index is 1.43. The fraction of sp³-hybridized carbons (Fsp3) is 0.500. The van der Waals surface area contributed by atoms with Gasteiger partial charge in [0.1, 0.15) is 24.3 Å². The third-order valence-electron chi connectivity index (χ3n) is 6.52. The summed E-state index contributed by atoms with van der Waals surface area (Å²) in [7, 11) is 0. The Labute approximate surface area is 222 Å². The fourth-order valence-electron chi connectivity index (χ4n) is 4.21. The van der Waals surface area contributed by atoms with Crippen molar-refractivity contribution in [3.63, 3.8) is 0 Å². The molecule has 0 radical (unpaired) electrons. The van der Waals surface area contributed by atoms with Gasteiger partial charge in [-0.1, -0.05) is 83.8 Å². The zero-order valence-electron chi connectivity index (χ0n) is 22.6. The largest absolute Gasteiger partial charge is 0.494 e. The van der Waals surface area contributed by atoms with E-state index in [2.05, 4.69) is 23.8 Å². The van der Waals surface area contributed by atoms with Gasteiger partial charge in [0.15, 0.2) is 5.82 Å². The molecule has 0 aliphatic heterocycles. The summed E-state index contributed by atoms with van der Waals surface area (Å²) in [5.41, 5.74) is 2.91. The maximum Gasteiger partial charge on any atom is 0.159 e. The van der Waals surface area contributed by atoms with E-state index in [0.717, 1.165) is 54.7 Å². The Morgan fingerprint density at radius 3 is 1.81 bits per heavy atom. The molecule has 1 aromatic heterocycles. The first-order chi connectivity index (χ1) is 18.2. The van der Waals surface area contributed by atoms with Crippen molar-refractivity contribution in [2.45, 2.75) is 90.6 Å². The molecule has 1 heterocycles. The van der Waals surface area contributed by atoms with Gasteiger partial charge >= 0.3 is 0 Å². The molecular formula is C32H43FN2O2. The summed E-state index contributed by atoms with van der Waals surface area (Å²) in [5, 5.41) is 0. The van der Waals surface area contributed by atoms with E-state index >= 15 is 0 Å². The number of hydrogen-bond donors (Lipinski definition) is 0. The van der Waals surface area contributed by atoms with Gasteiger partial charge in [0.05, 0.1) is 6.61 Å². The van der Waals surface area contributed by atoms with Crippen LogP contribution < -0.4 is 9.47 Å². The minimum Gasteiger partial charge on any atom is -0.494 e. The molecule has 3 aromatic rings. The van der Waals surface area contributed by atoms with E-state index in [4.69, 9.17) is 9.47 Å². The number of hydrogen-bond acceptors (Lipinski definition) is 4. The van der Waals surface area contributed by atoms with E-state index in [1.807, 2.05) is 60.9 Å². The molecule has 200 valence electrons. The van der Waals surface area contributed by atoms with Crippen LogP contribution >= 0.6 is 0 Å². The first kappa shape index (κ1) is 28.6. The van der Waals surface area contributed by atoms with Gasteiger partial charge in [-0.2, -0.15) is 0 Å². The third-order valence-corrected chi connectivity index (χ3v) is 6.52. The molecule has 0 bridgehead atoms. The molecular weight excluding hydrogens is 463 g/mol. The van der Waals surface area contributed by atoms with Crippen molar-refractivity contribution < 1.29 is 13.9 Å². The van der Waals surface area contributed by atoms with Crippen molar-refractivity contribution in [2.24, 2.45) is 0 Å². The molecule has 0 aliphatic carbocycles. The second-order valence-electron chi connectivity index (χ2n) is 9.72. The SMILES string of the molecule is CCCCCCCCOc1ccc(-c2cnc(-c3ccc(OCC(F)CCCCCC)cc3)nc2)cc1. The van der Waals surface area contributed by atoms with Gasteiger partial charge in [-0.25, -0.2) is 14.4 Å². The van der Waals surface area contributed by atoms with Crippen LogP contribution in [0.3, 0.4) is 0 Å². The highest BCUT2D eigenvalue weighted by Crippen LogP contribution is 2.24. The summed E-state index contributed by atoms with van der Waals surface area (Å²) in [4.78, 5) is 9.10. The minimum absolute atomic E-state index is 0.0968. The Morgan fingerprint density at radius 1 is 0.622 bits per heavy atom. The lowest BCUT2D eigenvalue weighted by Crippen LogP contribution is -2.12. The minimum atomic E-state index is -0.923. The van der Waals surface area contributed by atoms with Gasteiger partial charge in [0, 0.05) is 23.5 Å². The van der Waals surface area contributed by atoms with Gasteiger partial charge in [-0.3, -0.25) is 0 Å². The van der Waals surface area contributed by atoms with E-state index in [-0.39, 0.29) is 6.61 Å². The number of nitrogens with zero attached hydrogens (tertiary/aromatic N) is 2. The Morgan fingerprint density at radius 2 is 1.16 bits per heavy atom. The predicted octanol–water partition coefficient (Wildman–Crippen LogP) is 9.24. The van der Waals surface area contributed by atoms with Crippen molar-refractivity contribution in [1.82, 2.24) is 9.97 Å². The van der Waals surface area contributed by atoms with Crippen molar-refractivity contribution in [3.05, 3.63) is 60.9 Å². The van der Waals surface area contributed by atoms with E-state index in [0.29, 0.717) is 18.0 Å². The first-order valence-corrected chi connectivity index (χ1v) is 14.1. The molecule has 0 saturated heterocycles. The summed E-state index contributed by atoms with van der Waals surface area (Å²) in [5.74, 6) is 2.21. The molecule has 1 atom stereocenters. The first-order valence-electron chi connectivity index (χ1n) is 14.1. The Kier molecular flexibility index (Phi) is 12.9. The Hall–Kier alpha value is -2.95. The number of halogens is 1. The molecule has 3 rings (SSSR count). The van der Waals surface area contributed by atoms with Crippen LogP contribution in [0, 0.1) is 0 Å². The van der Waals surface area contributed by atoms with Gasteiger partial charge < -0.3 is 9.47 Å². The maximum atomic E-state index is 14.0. The summed E-state index contributed by atoms with van der Waals surface area (Å²) in [6, 6.07) is 15.6. The van der Waals surface area contributed by atoms with Crippen molar-refractivity contribution in [1.29, 1.82) is 0 Å². The number of unbranched alkanes of at least 4 members (excludes halogenated alkanes) is 8. The molecule has 0 fully saturated rings. The lowest BCUT2D eigenvalue weighted by atomic mass is 10.1. The quantitative estimate of drug-likeness (QED) is 0.161. The van der Waals surface area contributed by atoms with Crippen LogP contribution in [0.25, 0.3) is 22.5 Å². The van der Waals surface area contributed by atoms with Gasteiger partial charge in [-0.15, -0.1) is 0 Å². The zero-order chi connectivity index (χ0) is 26.1. The van der Waals surface area contributed by atoms with Crippen LogP contribution in [0.5, 0.6) is 11.5 Å². The molecule has 5 heteroatoms. The van der Waals surface area contributed by atoms with Crippen LogP contribution in [0.1, 0.15) is 84.5 Å². The highest BCUT2D eigenvalue weighted by Gasteiger charge is 2.09. The maximum absolute atomic E-state index is 14.0. The lowest BCUT2D eigenvalue weighted by Gasteiger charge is -2.11. The van der Waals surface area contributed by atoms with Crippen LogP contribution in [-0.2, 0) is 0 Å². The number of benzene rings is 2. The van der Waals surface area contributed by atoms with Crippen molar-refractivity contribution in [3.8, 4) is 34.0 Å². The van der Waals surface area contributed by atoms with Crippen LogP contribution in [0.2, 0.25) is 0 Å². The second kappa shape index (κ2) is 16.7. The van der Waals surface area contributed by atoms with E-state index in [9.17, 15) is 4.39 Å². The van der Waals surface area contributed by atoms with Crippen molar-refractivity contribution >= 4 is 0 Å². The van der Waals surface area contributed by atoms with Gasteiger partial charge in [0.2, 0.25) is 0 Å². The molecule has 0 aliphatic rings. The summed E-state index contributed by atoms with van der Waals surface area (Å²) < 4.78 is 25.5. The number of aromatic nitrogens is 2. The van der Waals surface area contributed by atoms with Gasteiger partial charge in [0.25, 0.3) is 0 Å². The number of alkyl halides is 1. The van der Waals surface area contributed by atoms with E-state index in [1.165, 1.54) is 38.5 Å². The Bertz CT molecular complexity index is 991. The zero-order valence-corrected chi connectivity index (χ0v) is 22.6. The normalized spacial score (nSPS) is 11.9. The van der Waals surface area contributed by atoms with Gasteiger partial charge in [-0.05, 0) is 54.8 Å². The van der Waals surface area contributed by atoms with Crippen LogP contribution in [0.4, 0.5) is 4.39 Å². The molecule has 0 spiro atoms. The second-order valence-corrected chi connectivity index (χ2v) is 9.72. The predicted molar refractivity (Wildman–Crippen MR) is 151 cm³/mol. The molecule has 0 amide bonds. The van der Waals surface area contributed by atoms with Crippen LogP contribution in [0.15, 0.2) is 60.9 Å². The average molecular weight is 507 g/mol. The third kappa shape index (κ3) is 10.5. The number of ether oxygens (including phenoxy) is 2. The number of rotatable bonds is 18. The smallest absolute Gasteiger partial charge is 0.159 e. The molecule has 1 unspecified atom stereocenters. The average Bonchev–Trinajstić information content (AvgIpc) is 2.94. The molecule has 4 nitrogen and oxygen atoms in total. The monoisotopic (exact) mass is 506 g/mol. The molecule has 0 saturated carbocycles. The molecule has 0 N–H and O–H groups in total. The summed E-state index contributed by atoms with van der Waals surface area (Å²) in [6.45, 7) is 5.26. The van der Waals surface area contributed by atoms with E-state index in [1.54, 1.807) is 0 Å². The topological polar surface area (TPSA) is 44.2 Å². The highest BCUT2D eigenvalue weighted by molar-refractivity contribution is 5.64. The van der Waals surface area contributed by atoms with E-state index < -0.39 is 6.17 Å². The highest BCUT2D eigenvalue weighted by atomic mass is 19.1. The fourth-order valence-corrected chi connectivity index (χ4v) is 4.21. The van der Waals surface area contributed by atoms with Crippen molar-refractivity contribution in [2.75, 3.05) is 13.2 Å². The summed E-state index contributed by atoms with van der Waals surface area (Å²) >= 11 is 0. The molecule has 2 aromatic carbocycles. The standard InChI is InChI=1S/C32H43FN2O2/c1-3-5-7-9-10-12-22-36-30-18-14-26(15-19-30)28-23-34-32(35-24-28)27-16-20-31(21-17-27)37-25-29(33)13-11-8-6-4-2/h14-21,23-24,29H,3-13,22,25H2,1-2H3.